The first-order valence-electron chi connectivity index (χ1n) is 8.63. The van der Waals surface area contributed by atoms with Crippen LogP contribution >= 0.6 is 0 Å². The molecular weight excluding hydrogens is 306 g/mol. The van der Waals surface area contributed by atoms with Gasteiger partial charge in [-0.2, -0.15) is 0 Å². The number of carbonyl (C=O) groups is 2. The molecule has 0 bridgehead atoms. The molecule has 0 N–H and O–H groups in total. The SMILES string of the molecule is CC(C)CN1C[C@H](C(=O)N2CCN(c3ncccn3)CC2)CC1=O. The predicted molar refractivity (Wildman–Crippen MR) is 90.4 cm³/mol. The lowest BCUT2D eigenvalue weighted by atomic mass is 10.1. The Morgan fingerprint density at radius 2 is 1.88 bits per heavy atom. The van der Waals surface area contributed by atoms with E-state index < -0.39 is 0 Å². The van der Waals surface area contributed by atoms with Crippen LogP contribution in [-0.4, -0.2) is 70.9 Å². The molecule has 1 atom stereocenters. The summed E-state index contributed by atoms with van der Waals surface area (Å²) in [5.41, 5.74) is 0. The summed E-state index contributed by atoms with van der Waals surface area (Å²) < 4.78 is 0. The molecular formula is C17H25N5O2. The van der Waals surface area contributed by atoms with Crippen LogP contribution in [0.3, 0.4) is 0 Å². The van der Waals surface area contributed by atoms with Crippen LogP contribution in [0.2, 0.25) is 0 Å². The Labute approximate surface area is 142 Å². The highest BCUT2D eigenvalue weighted by Gasteiger charge is 2.37. The largest absolute Gasteiger partial charge is 0.342 e. The zero-order valence-electron chi connectivity index (χ0n) is 14.4. The lowest BCUT2D eigenvalue weighted by Crippen LogP contribution is -2.51. The van der Waals surface area contributed by atoms with Gasteiger partial charge in [-0.15, -0.1) is 0 Å². The predicted octanol–water partition coefficient (Wildman–Crippen LogP) is 0.630. The summed E-state index contributed by atoms with van der Waals surface area (Å²) in [4.78, 5) is 39.1. The van der Waals surface area contributed by atoms with Crippen molar-refractivity contribution in [2.24, 2.45) is 11.8 Å². The van der Waals surface area contributed by atoms with Crippen molar-refractivity contribution in [1.29, 1.82) is 0 Å². The number of nitrogens with zero attached hydrogens (tertiary/aromatic N) is 5. The first-order valence-corrected chi connectivity index (χ1v) is 8.63. The highest BCUT2D eigenvalue weighted by atomic mass is 16.2. The van der Waals surface area contributed by atoms with Crippen molar-refractivity contribution in [3.8, 4) is 0 Å². The van der Waals surface area contributed by atoms with Gasteiger partial charge in [0.15, 0.2) is 0 Å². The molecule has 0 unspecified atom stereocenters. The molecule has 2 fully saturated rings. The number of anilines is 1. The van der Waals surface area contributed by atoms with Crippen LogP contribution in [0.4, 0.5) is 5.95 Å². The first-order chi connectivity index (χ1) is 11.5. The Bertz CT molecular complexity index is 584. The summed E-state index contributed by atoms with van der Waals surface area (Å²) in [5, 5.41) is 0. The monoisotopic (exact) mass is 331 g/mol. The molecule has 2 saturated heterocycles. The molecule has 0 saturated carbocycles. The van der Waals surface area contributed by atoms with Gasteiger partial charge in [0.05, 0.1) is 5.92 Å². The third-order valence-electron chi connectivity index (χ3n) is 4.58. The number of rotatable bonds is 4. The summed E-state index contributed by atoms with van der Waals surface area (Å²) in [6.45, 7) is 8.26. The van der Waals surface area contributed by atoms with Crippen molar-refractivity contribution in [3.63, 3.8) is 0 Å². The fourth-order valence-electron chi connectivity index (χ4n) is 3.39. The van der Waals surface area contributed by atoms with E-state index in [1.54, 1.807) is 18.5 Å². The number of hydrogen-bond acceptors (Lipinski definition) is 5. The molecule has 7 nitrogen and oxygen atoms in total. The molecule has 2 aliphatic rings. The fraction of sp³-hybridized carbons (Fsp3) is 0.647. The average molecular weight is 331 g/mol. The zero-order valence-corrected chi connectivity index (χ0v) is 14.4. The summed E-state index contributed by atoms with van der Waals surface area (Å²) >= 11 is 0. The van der Waals surface area contributed by atoms with Gasteiger partial charge in [0.2, 0.25) is 17.8 Å². The molecule has 1 aromatic rings. The van der Waals surface area contributed by atoms with Gasteiger partial charge in [-0.1, -0.05) is 13.8 Å². The lowest BCUT2D eigenvalue weighted by Gasteiger charge is -2.35. The number of carbonyl (C=O) groups excluding carboxylic acids is 2. The van der Waals surface area contributed by atoms with E-state index in [0.29, 0.717) is 37.9 Å². The summed E-state index contributed by atoms with van der Waals surface area (Å²) in [5.74, 6) is 1.18. The molecule has 0 aromatic carbocycles. The molecule has 1 aromatic heterocycles. The van der Waals surface area contributed by atoms with E-state index in [1.165, 1.54) is 0 Å². The minimum Gasteiger partial charge on any atom is -0.342 e. The highest BCUT2D eigenvalue weighted by Crippen LogP contribution is 2.22. The molecule has 2 amide bonds. The van der Waals surface area contributed by atoms with E-state index in [-0.39, 0.29) is 17.7 Å². The van der Waals surface area contributed by atoms with Crippen molar-refractivity contribution in [2.75, 3.05) is 44.2 Å². The maximum atomic E-state index is 12.7. The smallest absolute Gasteiger partial charge is 0.228 e. The maximum Gasteiger partial charge on any atom is 0.228 e. The van der Waals surface area contributed by atoms with Gasteiger partial charge in [0.1, 0.15) is 0 Å². The average Bonchev–Trinajstić information content (AvgIpc) is 2.95. The summed E-state index contributed by atoms with van der Waals surface area (Å²) in [6, 6.07) is 1.79. The normalized spacial score (nSPS) is 21.7. The second-order valence-electron chi connectivity index (χ2n) is 6.95. The number of hydrogen-bond donors (Lipinski definition) is 0. The van der Waals surface area contributed by atoms with Gasteiger partial charge in [0, 0.05) is 58.1 Å². The van der Waals surface area contributed by atoms with E-state index in [4.69, 9.17) is 0 Å². The second-order valence-corrected chi connectivity index (χ2v) is 6.95. The van der Waals surface area contributed by atoms with E-state index in [0.717, 1.165) is 19.6 Å². The molecule has 0 radical (unpaired) electrons. The number of likely N-dealkylation sites (tertiary alicyclic amines) is 1. The molecule has 130 valence electrons. The molecule has 2 aliphatic heterocycles. The van der Waals surface area contributed by atoms with Crippen LogP contribution in [0, 0.1) is 11.8 Å². The van der Waals surface area contributed by atoms with Crippen LogP contribution in [0.15, 0.2) is 18.5 Å². The Hall–Kier alpha value is -2.18. The van der Waals surface area contributed by atoms with Crippen LogP contribution < -0.4 is 4.90 Å². The van der Waals surface area contributed by atoms with Crippen molar-refractivity contribution in [1.82, 2.24) is 19.8 Å². The molecule has 7 heteroatoms. The van der Waals surface area contributed by atoms with Crippen LogP contribution in [-0.2, 0) is 9.59 Å². The third kappa shape index (κ3) is 3.66. The van der Waals surface area contributed by atoms with Crippen molar-refractivity contribution in [2.45, 2.75) is 20.3 Å². The Morgan fingerprint density at radius 3 is 2.50 bits per heavy atom. The van der Waals surface area contributed by atoms with Gasteiger partial charge < -0.3 is 14.7 Å². The van der Waals surface area contributed by atoms with Crippen molar-refractivity contribution >= 4 is 17.8 Å². The second kappa shape index (κ2) is 7.15. The highest BCUT2D eigenvalue weighted by molar-refractivity contribution is 5.89. The van der Waals surface area contributed by atoms with E-state index in [9.17, 15) is 9.59 Å². The van der Waals surface area contributed by atoms with Gasteiger partial charge in [0.25, 0.3) is 0 Å². The molecule has 24 heavy (non-hydrogen) atoms. The van der Waals surface area contributed by atoms with Crippen LogP contribution in [0.25, 0.3) is 0 Å². The first kappa shape index (κ1) is 16.7. The van der Waals surface area contributed by atoms with Gasteiger partial charge >= 0.3 is 0 Å². The number of aromatic nitrogens is 2. The van der Waals surface area contributed by atoms with E-state index in [1.807, 2.05) is 9.80 Å². The number of amides is 2. The quantitative estimate of drug-likeness (QED) is 0.809. The van der Waals surface area contributed by atoms with Crippen LogP contribution in [0.1, 0.15) is 20.3 Å². The standard InChI is InChI=1S/C17H25N5O2/c1-13(2)11-22-12-14(10-15(22)23)16(24)20-6-8-21(9-7-20)17-18-4-3-5-19-17/h3-5,13-14H,6-12H2,1-2H3/t14-/m1/s1. The summed E-state index contributed by atoms with van der Waals surface area (Å²) in [7, 11) is 0. The Balaban J connectivity index is 1.53. The summed E-state index contributed by atoms with van der Waals surface area (Å²) in [6.07, 6.45) is 3.81. The minimum atomic E-state index is -0.184. The van der Waals surface area contributed by atoms with Gasteiger partial charge in [-0.3, -0.25) is 9.59 Å². The lowest BCUT2D eigenvalue weighted by molar-refractivity contribution is -0.136. The topological polar surface area (TPSA) is 69.6 Å². The number of piperazine rings is 1. The van der Waals surface area contributed by atoms with Crippen LogP contribution in [0.5, 0.6) is 0 Å². The Kier molecular flexibility index (Phi) is 4.97. The Morgan fingerprint density at radius 1 is 1.21 bits per heavy atom. The van der Waals surface area contributed by atoms with E-state index >= 15 is 0 Å². The van der Waals surface area contributed by atoms with Gasteiger partial charge in [-0.25, -0.2) is 9.97 Å². The minimum absolute atomic E-state index is 0.110. The molecule has 0 spiro atoms. The van der Waals surface area contributed by atoms with E-state index in [2.05, 4.69) is 28.7 Å². The van der Waals surface area contributed by atoms with Crippen molar-refractivity contribution in [3.05, 3.63) is 18.5 Å². The van der Waals surface area contributed by atoms with Gasteiger partial charge in [-0.05, 0) is 12.0 Å². The molecule has 3 heterocycles. The zero-order chi connectivity index (χ0) is 17.1. The molecule has 3 rings (SSSR count). The third-order valence-corrected chi connectivity index (χ3v) is 4.58. The molecule has 0 aliphatic carbocycles. The maximum absolute atomic E-state index is 12.7. The fourth-order valence-corrected chi connectivity index (χ4v) is 3.39. The van der Waals surface area contributed by atoms with Crippen molar-refractivity contribution < 1.29 is 9.59 Å².